The Kier molecular flexibility index (Phi) is 16.9. The van der Waals surface area contributed by atoms with Gasteiger partial charge in [0.25, 0.3) is 0 Å². The van der Waals surface area contributed by atoms with Crippen LogP contribution in [-0.4, -0.2) is 72.1 Å². The van der Waals surface area contributed by atoms with Gasteiger partial charge >= 0.3 is 311 Å². The average molecular weight is 846 g/mol. The Morgan fingerprint density at radius 2 is 0.698 bits per heavy atom. The van der Waals surface area contributed by atoms with E-state index < -0.39 is 13.1 Å². The topological polar surface area (TPSA) is 83.1 Å². The van der Waals surface area contributed by atoms with Crippen molar-refractivity contribution in [1.29, 1.82) is 0 Å². The van der Waals surface area contributed by atoms with E-state index in [2.05, 4.69) is 68.9 Å². The van der Waals surface area contributed by atoms with Gasteiger partial charge in [0.2, 0.25) is 0 Å². The smallest absolute Gasteiger partial charge is 1.00 e. The molecular formula is C39H51Cl3O9SiTi. The van der Waals surface area contributed by atoms with E-state index >= 15 is 0 Å². The van der Waals surface area contributed by atoms with Gasteiger partial charge in [0.05, 0.1) is 0 Å². The zero-order valence-corrected chi connectivity index (χ0v) is 38.4. The van der Waals surface area contributed by atoms with Gasteiger partial charge in [0.15, 0.2) is 0 Å². The molecule has 0 spiro atoms. The Balaban J connectivity index is 0.00000468. The third-order valence-electron chi connectivity index (χ3n) is 10.9. The number of methoxy groups -OCH3 is 9. The molecule has 0 heterocycles. The maximum Gasteiger partial charge on any atom is -1.00 e. The molecule has 3 aromatic rings. The minimum atomic E-state index is -3.80. The van der Waals surface area contributed by atoms with Gasteiger partial charge in [-0.05, 0) is 0 Å². The number of rotatable bonds is 13. The van der Waals surface area contributed by atoms with E-state index in [-0.39, 0.29) is 37.2 Å². The van der Waals surface area contributed by atoms with Crippen LogP contribution < -0.4 is 95.4 Å². The third kappa shape index (κ3) is 6.86. The predicted octanol–water partition coefficient (Wildman–Crippen LogP) is -2.90. The van der Waals surface area contributed by atoms with Crippen LogP contribution in [0.3, 0.4) is 0 Å². The van der Waals surface area contributed by atoms with Crippen molar-refractivity contribution in [2.24, 2.45) is 0 Å². The molecule has 14 heteroatoms. The van der Waals surface area contributed by atoms with E-state index in [4.69, 9.17) is 42.6 Å². The van der Waals surface area contributed by atoms with Crippen LogP contribution in [0.25, 0.3) is 0 Å². The fourth-order valence-electron chi connectivity index (χ4n) is 8.32. The molecule has 0 bridgehead atoms. The third-order valence-corrected chi connectivity index (χ3v) is 18.9. The van der Waals surface area contributed by atoms with E-state index in [0.717, 1.165) is 32.3 Å². The number of benzene rings is 3. The first-order valence-electron chi connectivity index (χ1n) is 16.2. The van der Waals surface area contributed by atoms with Crippen molar-refractivity contribution in [3.05, 3.63) is 55.5 Å². The van der Waals surface area contributed by atoms with Crippen molar-refractivity contribution in [3.63, 3.8) is 0 Å². The van der Waals surface area contributed by atoms with Gasteiger partial charge in [0, 0.05) is 0 Å². The molecule has 9 nitrogen and oxygen atoms in total. The van der Waals surface area contributed by atoms with Crippen LogP contribution in [0.4, 0.5) is 0 Å². The second-order valence-electron chi connectivity index (χ2n) is 12.6. The summed E-state index contributed by atoms with van der Waals surface area (Å²) < 4.78 is 56.8. The summed E-state index contributed by atoms with van der Waals surface area (Å²) in [6, 6.07) is 5.76. The van der Waals surface area contributed by atoms with Gasteiger partial charge in [-0.1, -0.05) is 0 Å². The molecule has 0 fully saturated rings. The molecule has 1 unspecified atom stereocenters. The van der Waals surface area contributed by atoms with Crippen LogP contribution in [0.1, 0.15) is 44.4 Å². The first kappa shape index (κ1) is 48.2. The molecule has 0 saturated heterocycles. The molecule has 0 amide bonds. The molecule has 0 aliphatic heterocycles. The Morgan fingerprint density at radius 1 is 0.434 bits per heavy atom. The quantitative estimate of drug-likeness (QED) is 0.133. The Morgan fingerprint density at radius 3 is 0.887 bits per heavy atom. The molecule has 3 aromatic carbocycles. The summed E-state index contributed by atoms with van der Waals surface area (Å²) in [6.45, 7) is 15.2. The van der Waals surface area contributed by atoms with Crippen molar-refractivity contribution in [1.82, 2.24) is 0 Å². The molecule has 1 atom stereocenters. The van der Waals surface area contributed by atoms with Gasteiger partial charge in [-0.25, -0.2) is 0 Å². The summed E-state index contributed by atoms with van der Waals surface area (Å²) in [4.78, 5) is 0. The Labute approximate surface area is 346 Å². The number of allylic oxidation sites excluding steroid dienone is 4. The van der Waals surface area contributed by atoms with E-state index in [1.807, 2.05) is 18.2 Å². The summed E-state index contributed by atoms with van der Waals surface area (Å²) in [6.07, 6.45) is 0. The molecular weight excluding hydrogens is 795 g/mol. The van der Waals surface area contributed by atoms with Crippen LogP contribution >= 0.6 is 0 Å². The minimum absolute atomic E-state index is 0. The van der Waals surface area contributed by atoms with Gasteiger partial charge < -0.3 is 37.2 Å². The van der Waals surface area contributed by atoms with Crippen LogP contribution in [0.5, 0.6) is 51.7 Å². The molecule has 0 aromatic heterocycles. The fraction of sp³-hybridized carbons (Fsp3) is 0.436. The standard InChI is InChI=1S/C39H51O9Si.3ClH.Ti/c1-21-20-39(7,26(6)22(21)2)49(36-23(3)33(46-14)27(40-8)17-30(36)43-11,37-24(4)34(47-15)28(41-9)18-31(37)44-12)38-25(5)35(48-16)29(42-10)19-32(38)45-13;;;;/h17-19H,1-16H3;3*1H;/q;;;;+3/p-3. The molecule has 1 aliphatic carbocycles. The van der Waals surface area contributed by atoms with Crippen molar-refractivity contribution >= 4 is 23.6 Å². The normalized spacial score (nSPS) is 15.1. The van der Waals surface area contributed by atoms with E-state index in [0.29, 0.717) is 51.7 Å². The monoisotopic (exact) mass is 844 g/mol. The van der Waals surface area contributed by atoms with Gasteiger partial charge in [-0.3, -0.25) is 0 Å². The second kappa shape index (κ2) is 18.7. The average Bonchev–Trinajstić information content (AvgIpc) is 3.27. The summed E-state index contributed by atoms with van der Waals surface area (Å²) in [5, 5.41) is 2.23. The first-order valence-corrected chi connectivity index (χ1v) is 19.0. The van der Waals surface area contributed by atoms with E-state index in [9.17, 15) is 0 Å². The summed E-state index contributed by atoms with van der Waals surface area (Å²) in [7, 11) is 11.2. The molecule has 0 N–H and O–H groups in total. The first-order chi connectivity index (χ1) is 23.7. The largest absolute Gasteiger partial charge is 1.00 e. The van der Waals surface area contributed by atoms with Crippen LogP contribution in [-0.2, 0) is 20.4 Å². The number of hydrogen-bond acceptors (Lipinski definition) is 9. The molecule has 4 rings (SSSR count). The minimum Gasteiger partial charge on any atom is -1.00 e. The van der Waals surface area contributed by atoms with Crippen LogP contribution in [0.2, 0.25) is 5.04 Å². The Hall–Kier alpha value is -2.86. The second-order valence-corrected chi connectivity index (χ2v) is 17.3. The fourth-order valence-corrected chi connectivity index (χ4v) is 17.0. The number of halogens is 3. The molecule has 0 radical (unpaired) electrons. The zero-order chi connectivity index (χ0) is 37.5. The van der Waals surface area contributed by atoms with Crippen molar-refractivity contribution < 1.29 is 100 Å². The van der Waals surface area contributed by atoms with E-state index in [1.165, 1.54) is 20.6 Å². The summed E-state index contributed by atoms with van der Waals surface area (Å²) >= 11 is 2.24. The molecule has 53 heavy (non-hydrogen) atoms. The zero-order valence-electron chi connectivity index (χ0n) is 33.5. The van der Waals surface area contributed by atoms with Gasteiger partial charge in [0.1, 0.15) is 0 Å². The van der Waals surface area contributed by atoms with Crippen LogP contribution in [0.15, 0.2) is 38.8 Å². The van der Waals surface area contributed by atoms with Crippen molar-refractivity contribution in [2.75, 3.05) is 64.0 Å². The number of ether oxygens (including phenoxy) is 9. The van der Waals surface area contributed by atoms with Gasteiger partial charge in [-0.2, -0.15) is 0 Å². The maximum atomic E-state index is 6.45. The predicted molar refractivity (Wildman–Crippen MR) is 197 cm³/mol. The Bertz CT molecular complexity index is 1700. The summed E-state index contributed by atoms with van der Waals surface area (Å²) in [5.74, 6) is 5.42. The summed E-state index contributed by atoms with van der Waals surface area (Å²) in [5.41, 5.74) is 6.29. The van der Waals surface area contributed by atoms with Crippen LogP contribution in [0, 0.1) is 20.8 Å². The van der Waals surface area contributed by atoms with Crippen molar-refractivity contribution in [2.45, 2.75) is 53.5 Å². The molecule has 290 valence electrons. The molecule has 0 saturated carbocycles. The maximum absolute atomic E-state index is 6.45. The number of hydrogen-bond donors (Lipinski definition) is 0. The van der Waals surface area contributed by atoms with Crippen molar-refractivity contribution in [3.8, 4) is 51.7 Å². The van der Waals surface area contributed by atoms with Gasteiger partial charge in [-0.15, -0.1) is 0 Å². The molecule has 1 aliphatic rings. The SMILES string of the molecule is COc1cc(OC)c([Si](c2c(OC)cc(OC)c(OC)c2C)(c2c(OC)cc(OC)c(OC)c2C)C2(C)C(C)=C(C)C(C)=[C]2[Ti+3])c(C)c1OC.[Cl-].[Cl-].[Cl-]. The van der Waals surface area contributed by atoms with E-state index in [1.54, 1.807) is 64.0 Å².